The van der Waals surface area contributed by atoms with E-state index in [2.05, 4.69) is 33.3 Å². The van der Waals surface area contributed by atoms with Crippen LogP contribution in [0.15, 0.2) is 30.7 Å². The van der Waals surface area contributed by atoms with Crippen LogP contribution in [0, 0.1) is 6.92 Å². The lowest BCUT2D eigenvalue weighted by molar-refractivity contribution is 0.497. The summed E-state index contributed by atoms with van der Waals surface area (Å²) in [7, 11) is 0. The largest absolute Gasteiger partial charge is 0.347 e. The Labute approximate surface area is 102 Å². The van der Waals surface area contributed by atoms with Gasteiger partial charge in [0.1, 0.15) is 5.82 Å². The fourth-order valence-electron chi connectivity index (χ4n) is 1.75. The Morgan fingerprint density at radius 3 is 2.82 bits per heavy atom. The molecule has 4 nitrogen and oxygen atoms in total. The van der Waals surface area contributed by atoms with Gasteiger partial charge in [0.05, 0.1) is 6.04 Å². The molecule has 4 heteroatoms. The molecule has 2 heterocycles. The van der Waals surface area contributed by atoms with Gasteiger partial charge in [0.2, 0.25) is 0 Å². The molecule has 0 bridgehead atoms. The molecule has 0 radical (unpaired) electrons. The summed E-state index contributed by atoms with van der Waals surface area (Å²) in [6, 6.07) is 4.40. The maximum atomic E-state index is 4.28. The van der Waals surface area contributed by atoms with Crippen LogP contribution in [0.5, 0.6) is 0 Å². The second-order valence-corrected chi connectivity index (χ2v) is 4.12. The molecule has 0 aliphatic heterocycles. The van der Waals surface area contributed by atoms with Gasteiger partial charge in [0.25, 0.3) is 0 Å². The fourth-order valence-corrected chi connectivity index (χ4v) is 1.75. The van der Waals surface area contributed by atoms with Crippen molar-refractivity contribution in [1.29, 1.82) is 0 Å². The summed E-state index contributed by atoms with van der Waals surface area (Å²) in [6.07, 6.45) is 6.56. The highest BCUT2D eigenvalue weighted by Crippen LogP contribution is 2.12. The Balaban J connectivity index is 1.94. The van der Waals surface area contributed by atoms with Gasteiger partial charge in [0, 0.05) is 30.8 Å². The smallest absolute Gasteiger partial charge is 0.123 e. The summed E-state index contributed by atoms with van der Waals surface area (Å²) in [5.74, 6) is 0.993. The molecule has 0 aromatic carbocycles. The van der Waals surface area contributed by atoms with Gasteiger partial charge in [-0.25, -0.2) is 4.98 Å². The Bertz CT molecular complexity index is 433. The van der Waals surface area contributed by atoms with Gasteiger partial charge in [-0.1, -0.05) is 13.0 Å². The standard InChI is InChI=1S/C13H18N4/c1-3-12(13-14-6-7-15-13)17-9-11-5-4-10(2)16-8-11/h4-8,12,17H,3,9H2,1-2H3,(H,14,15). The van der Waals surface area contributed by atoms with Crippen molar-refractivity contribution < 1.29 is 0 Å². The second-order valence-electron chi connectivity index (χ2n) is 4.12. The molecular formula is C13H18N4. The van der Waals surface area contributed by atoms with Gasteiger partial charge in [-0.3, -0.25) is 4.98 Å². The maximum Gasteiger partial charge on any atom is 0.123 e. The number of nitrogens with zero attached hydrogens (tertiary/aromatic N) is 2. The van der Waals surface area contributed by atoms with Crippen LogP contribution in [0.4, 0.5) is 0 Å². The minimum atomic E-state index is 0.270. The number of aryl methyl sites for hydroxylation is 1. The molecule has 0 saturated heterocycles. The van der Waals surface area contributed by atoms with Crippen molar-refractivity contribution >= 4 is 0 Å². The number of aromatic nitrogens is 3. The lowest BCUT2D eigenvalue weighted by atomic mass is 10.2. The number of imidazole rings is 1. The van der Waals surface area contributed by atoms with Crippen LogP contribution >= 0.6 is 0 Å². The summed E-state index contributed by atoms with van der Waals surface area (Å²) < 4.78 is 0. The van der Waals surface area contributed by atoms with E-state index in [1.165, 1.54) is 5.56 Å². The van der Waals surface area contributed by atoms with Crippen LogP contribution in [0.1, 0.15) is 36.5 Å². The average molecular weight is 230 g/mol. The lowest BCUT2D eigenvalue weighted by Gasteiger charge is -2.14. The highest BCUT2D eigenvalue weighted by atomic mass is 15.0. The highest BCUT2D eigenvalue weighted by Gasteiger charge is 2.10. The summed E-state index contributed by atoms with van der Waals surface area (Å²) in [6.45, 7) is 4.95. The van der Waals surface area contributed by atoms with Gasteiger partial charge in [-0.2, -0.15) is 0 Å². The monoisotopic (exact) mass is 230 g/mol. The predicted octanol–water partition coefficient (Wildman–Crippen LogP) is 2.35. The minimum absolute atomic E-state index is 0.270. The molecule has 2 N–H and O–H groups in total. The van der Waals surface area contributed by atoms with Crippen molar-refractivity contribution in [3.05, 3.63) is 47.8 Å². The van der Waals surface area contributed by atoms with Gasteiger partial charge < -0.3 is 10.3 Å². The molecule has 2 aromatic rings. The van der Waals surface area contributed by atoms with E-state index in [-0.39, 0.29) is 6.04 Å². The first-order valence-corrected chi connectivity index (χ1v) is 5.93. The molecule has 1 atom stereocenters. The van der Waals surface area contributed by atoms with E-state index in [0.29, 0.717) is 0 Å². The molecule has 2 aromatic heterocycles. The zero-order chi connectivity index (χ0) is 12.1. The first kappa shape index (κ1) is 11.8. The number of pyridine rings is 1. The number of hydrogen-bond acceptors (Lipinski definition) is 3. The van der Waals surface area contributed by atoms with Gasteiger partial charge in [-0.05, 0) is 25.0 Å². The predicted molar refractivity (Wildman–Crippen MR) is 67.4 cm³/mol. The molecule has 0 fully saturated rings. The lowest BCUT2D eigenvalue weighted by Crippen LogP contribution is -2.21. The molecule has 0 saturated carbocycles. The summed E-state index contributed by atoms with van der Waals surface area (Å²) in [5.41, 5.74) is 2.24. The third-order valence-corrected chi connectivity index (χ3v) is 2.78. The van der Waals surface area contributed by atoms with Crippen molar-refractivity contribution in [3.63, 3.8) is 0 Å². The van der Waals surface area contributed by atoms with Crippen LogP contribution in [0.3, 0.4) is 0 Å². The van der Waals surface area contributed by atoms with E-state index in [0.717, 1.165) is 24.5 Å². The first-order chi connectivity index (χ1) is 8.29. The van der Waals surface area contributed by atoms with Crippen LogP contribution in [0.2, 0.25) is 0 Å². The quantitative estimate of drug-likeness (QED) is 0.829. The zero-order valence-electron chi connectivity index (χ0n) is 10.3. The Morgan fingerprint density at radius 1 is 1.35 bits per heavy atom. The van der Waals surface area contributed by atoms with Gasteiger partial charge >= 0.3 is 0 Å². The highest BCUT2D eigenvalue weighted by molar-refractivity contribution is 5.13. The van der Waals surface area contributed by atoms with Crippen molar-refractivity contribution in [2.75, 3.05) is 0 Å². The molecule has 17 heavy (non-hydrogen) atoms. The van der Waals surface area contributed by atoms with E-state index in [4.69, 9.17) is 0 Å². The van der Waals surface area contributed by atoms with E-state index >= 15 is 0 Å². The fraction of sp³-hybridized carbons (Fsp3) is 0.385. The topological polar surface area (TPSA) is 53.6 Å². The first-order valence-electron chi connectivity index (χ1n) is 5.93. The summed E-state index contributed by atoms with van der Waals surface area (Å²) in [5, 5.41) is 3.47. The number of nitrogens with one attached hydrogen (secondary N) is 2. The van der Waals surface area contributed by atoms with Crippen molar-refractivity contribution in [2.24, 2.45) is 0 Å². The van der Waals surface area contributed by atoms with Crippen molar-refractivity contribution in [1.82, 2.24) is 20.3 Å². The van der Waals surface area contributed by atoms with E-state index < -0.39 is 0 Å². The molecule has 0 aliphatic carbocycles. The van der Waals surface area contributed by atoms with Crippen LogP contribution < -0.4 is 5.32 Å². The van der Waals surface area contributed by atoms with Crippen molar-refractivity contribution in [3.8, 4) is 0 Å². The molecule has 0 amide bonds. The Hall–Kier alpha value is -1.68. The average Bonchev–Trinajstić information content (AvgIpc) is 2.86. The molecule has 90 valence electrons. The van der Waals surface area contributed by atoms with E-state index in [1.54, 1.807) is 6.20 Å². The number of H-pyrrole nitrogens is 1. The van der Waals surface area contributed by atoms with Crippen molar-refractivity contribution in [2.45, 2.75) is 32.9 Å². The Kier molecular flexibility index (Phi) is 3.88. The van der Waals surface area contributed by atoms with Crippen LogP contribution in [-0.4, -0.2) is 15.0 Å². The number of hydrogen-bond donors (Lipinski definition) is 2. The third kappa shape index (κ3) is 3.14. The zero-order valence-corrected chi connectivity index (χ0v) is 10.3. The Morgan fingerprint density at radius 2 is 2.24 bits per heavy atom. The number of aromatic amines is 1. The van der Waals surface area contributed by atoms with Gasteiger partial charge in [0.15, 0.2) is 0 Å². The summed E-state index contributed by atoms with van der Waals surface area (Å²) in [4.78, 5) is 11.7. The molecule has 1 unspecified atom stereocenters. The SMILES string of the molecule is CCC(NCc1ccc(C)nc1)c1ncc[nH]1. The second kappa shape index (κ2) is 5.59. The third-order valence-electron chi connectivity index (χ3n) is 2.78. The van der Waals surface area contributed by atoms with Gasteiger partial charge in [-0.15, -0.1) is 0 Å². The van der Waals surface area contributed by atoms with E-state index in [1.807, 2.05) is 25.4 Å². The summed E-state index contributed by atoms with van der Waals surface area (Å²) >= 11 is 0. The normalized spacial score (nSPS) is 12.6. The van der Waals surface area contributed by atoms with Crippen LogP contribution in [-0.2, 0) is 6.54 Å². The number of rotatable bonds is 5. The minimum Gasteiger partial charge on any atom is -0.347 e. The van der Waals surface area contributed by atoms with E-state index in [9.17, 15) is 0 Å². The molecular weight excluding hydrogens is 212 g/mol. The molecule has 0 aliphatic rings. The molecule has 0 spiro atoms. The molecule has 2 rings (SSSR count). The van der Waals surface area contributed by atoms with Crippen LogP contribution in [0.25, 0.3) is 0 Å². The maximum absolute atomic E-state index is 4.28.